The summed E-state index contributed by atoms with van der Waals surface area (Å²) in [6.45, 7) is 6.67. The number of hydrogen-bond acceptors (Lipinski definition) is 5. The van der Waals surface area contributed by atoms with Gasteiger partial charge in [-0.05, 0) is 19.9 Å². The van der Waals surface area contributed by atoms with Crippen LogP contribution < -0.4 is 5.32 Å². The molecule has 2 rings (SSSR count). The van der Waals surface area contributed by atoms with Crippen LogP contribution in [0.4, 0.5) is 5.69 Å². The SMILES string of the molecule is CC1CN(CCC(=O)c2ccccc2[N+](=O)[O-])CC(C)N1. The molecule has 0 spiro atoms. The van der Waals surface area contributed by atoms with Crippen LogP contribution in [0.1, 0.15) is 30.6 Å². The van der Waals surface area contributed by atoms with E-state index in [-0.39, 0.29) is 17.0 Å². The van der Waals surface area contributed by atoms with Gasteiger partial charge in [0, 0.05) is 44.2 Å². The average molecular weight is 291 g/mol. The molecule has 2 unspecified atom stereocenters. The summed E-state index contributed by atoms with van der Waals surface area (Å²) >= 11 is 0. The van der Waals surface area contributed by atoms with E-state index in [1.165, 1.54) is 12.1 Å². The van der Waals surface area contributed by atoms with E-state index in [1.54, 1.807) is 12.1 Å². The third kappa shape index (κ3) is 4.09. The summed E-state index contributed by atoms with van der Waals surface area (Å²) in [4.78, 5) is 24.9. The number of Topliss-reactive ketones (excluding diaryl/α,β-unsaturated/α-hetero) is 1. The minimum absolute atomic E-state index is 0.107. The zero-order chi connectivity index (χ0) is 15.4. The summed E-state index contributed by atoms with van der Waals surface area (Å²) in [5.74, 6) is -0.166. The van der Waals surface area contributed by atoms with Gasteiger partial charge in [-0.25, -0.2) is 0 Å². The van der Waals surface area contributed by atoms with Crippen LogP contribution in [0, 0.1) is 10.1 Å². The van der Waals surface area contributed by atoms with Crippen molar-refractivity contribution in [1.29, 1.82) is 0 Å². The molecule has 0 amide bonds. The molecular formula is C15H21N3O3. The van der Waals surface area contributed by atoms with Gasteiger partial charge in [-0.1, -0.05) is 12.1 Å². The van der Waals surface area contributed by atoms with Crippen molar-refractivity contribution in [2.45, 2.75) is 32.4 Å². The standard InChI is InChI=1S/C15H21N3O3/c1-11-9-17(10-12(2)16-11)8-7-15(19)13-5-3-4-6-14(13)18(20)21/h3-6,11-12,16H,7-10H2,1-2H3. The lowest BCUT2D eigenvalue weighted by Crippen LogP contribution is -2.54. The van der Waals surface area contributed by atoms with Gasteiger partial charge in [0.1, 0.15) is 0 Å². The minimum atomic E-state index is -0.498. The first kappa shape index (κ1) is 15.6. The number of carbonyl (C=O) groups excluding carboxylic acids is 1. The maximum atomic E-state index is 12.2. The Morgan fingerprint density at radius 1 is 1.33 bits per heavy atom. The van der Waals surface area contributed by atoms with Crippen molar-refractivity contribution in [3.8, 4) is 0 Å². The Morgan fingerprint density at radius 2 is 1.95 bits per heavy atom. The topological polar surface area (TPSA) is 75.5 Å². The number of ketones is 1. The van der Waals surface area contributed by atoms with Crippen LogP contribution in [0.25, 0.3) is 0 Å². The second-order valence-corrected chi connectivity index (χ2v) is 5.68. The highest BCUT2D eigenvalue weighted by molar-refractivity contribution is 5.99. The number of rotatable bonds is 5. The molecule has 0 saturated carbocycles. The van der Waals surface area contributed by atoms with E-state index in [0.29, 0.717) is 25.0 Å². The van der Waals surface area contributed by atoms with Crippen molar-refractivity contribution in [3.05, 3.63) is 39.9 Å². The van der Waals surface area contributed by atoms with Crippen LogP contribution in [-0.2, 0) is 0 Å². The van der Waals surface area contributed by atoms with E-state index in [2.05, 4.69) is 24.1 Å². The molecule has 1 aliphatic heterocycles. The molecule has 21 heavy (non-hydrogen) atoms. The number of benzene rings is 1. The normalized spacial score (nSPS) is 23.0. The zero-order valence-corrected chi connectivity index (χ0v) is 12.4. The van der Waals surface area contributed by atoms with Gasteiger partial charge in [-0.2, -0.15) is 0 Å². The highest BCUT2D eigenvalue weighted by Gasteiger charge is 2.23. The van der Waals surface area contributed by atoms with Crippen LogP contribution in [0.2, 0.25) is 0 Å². The summed E-state index contributed by atoms with van der Waals surface area (Å²) in [5, 5.41) is 14.4. The number of nitro benzene ring substituents is 1. The molecule has 1 N–H and O–H groups in total. The van der Waals surface area contributed by atoms with Gasteiger partial charge in [-0.3, -0.25) is 19.8 Å². The van der Waals surface area contributed by atoms with E-state index in [4.69, 9.17) is 0 Å². The lowest BCUT2D eigenvalue weighted by Gasteiger charge is -2.36. The fourth-order valence-corrected chi connectivity index (χ4v) is 2.89. The summed E-state index contributed by atoms with van der Waals surface area (Å²) in [5.41, 5.74) is 0.100. The van der Waals surface area contributed by atoms with Gasteiger partial charge in [0.2, 0.25) is 0 Å². The van der Waals surface area contributed by atoms with Crippen LogP contribution in [0.15, 0.2) is 24.3 Å². The van der Waals surface area contributed by atoms with Crippen molar-refractivity contribution >= 4 is 11.5 Å². The van der Waals surface area contributed by atoms with Crippen molar-refractivity contribution in [2.75, 3.05) is 19.6 Å². The largest absolute Gasteiger partial charge is 0.309 e. The number of nitro groups is 1. The number of para-hydroxylation sites is 1. The lowest BCUT2D eigenvalue weighted by atomic mass is 10.1. The molecule has 0 aliphatic carbocycles. The Balaban J connectivity index is 1.97. The predicted octanol–water partition coefficient (Wildman–Crippen LogP) is 1.85. The number of hydrogen-bond donors (Lipinski definition) is 1. The zero-order valence-electron chi connectivity index (χ0n) is 12.4. The van der Waals surface area contributed by atoms with Gasteiger partial charge < -0.3 is 5.32 Å². The van der Waals surface area contributed by atoms with E-state index < -0.39 is 4.92 Å². The molecule has 6 heteroatoms. The Labute approximate surface area is 124 Å². The maximum absolute atomic E-state index is 12.2. The Bertz CT molecular complexity index is 523. The Hall–Kier alpha value is -1.79. The average Bonchev–Trinajstić information content (AvgIpc) is 2.43. The molecule has 1 aromatic rings. The van der Waals surface area contributed by atoms with Crippen molar-refractivity contribution in [2.24, 2.45) is 0 Å². The Kier molecular flexibility index (Phi) is 5.03. The first-order valence-electron chi connectivity index (χ1n) is 7.22. The van der Waals surface area contributed by atoms with Crippen molar-refractivity contribution in [3.63, 3.8) is 0 Å². The molecule has 0 radical (unpaired) electrons. The molecule has 6 nitrogen and oxygen atoms in total. The molecule has 1 fully saturated rings. The van der Waals surface area contributed by atoms with Gasteiger partial charge in [0.25, 0.3) is 5.69 Å². The van der Waals surface area contributed by atoms with Gasteiger partial charge in [0.05, 0.1) is 10.5 Å². The quantitative estimate of drug-likeness (QED) is 0.509. The molecule has 1 aliphatic rings. The van der Waals surface area contributed by atoms with Crippen molar-refractivity contribution in [1.82, 2.24) is 10.2 Å². The molecule has 1 saturated heterocycles. The molecule has 114 valence electrons. The number of carbonyl (C=O) groups is 1. The number of nitrogens with one attached hydrogen (secondary N) is 1. The van der Waals surface area contributed by atoms with Crippen LogP contribution in [0.5, 0.6) is 0 Å². The molecule has 1 heterocycles. The molecule has 2 atom stereocenters. The molecule has 0 bridgehead atoms. The second kappa shape index (κ2) is 6.78. The summed E-state index contributed by atoms with van der Waals surface area (Å²) in [6.07, 6.45) is 0.310. The van der Waals surface area contributed by atoms with Crippen LogP contribution in [-0.4, -0.2) is 47.3 Å². The Morgan fingerprint density at radius 3 is 2.57 bits per heavy atom. The minimum Gasteiger partial charge on any atom is -0.309 e. The number of nitrogens with zero attached hydrogens (tertiary/aromatic N) is 2. The summed E-state index contributed by atoms with van der Waals surface area (Å²) in [7, 11) is 0. The molecule has 0 aromatic heterocycles. The van der Waals surface area contributed by atoms with Gasteiger partial charge in [0.15, 0.2) is 5.78 Å². The predicted molar refractivity (Wildman–Crippen MR) is 80.5 cm³/mol. The second-order valence-electron chi connectivity index (χ2n) is 5.68. The third-order valence-electron chi connectivity index (χ3n) is 3.69. The fourth-order valence-electron chi connectivity index (χ4n) is 2.89. The monoisotopic (exact) mass is 291 g/mol. The van der Waals surface area contributed by atoms with E-state index >= 15 is 0 Å². The fraction of sp³-hybridized carbons (Fsp3) is 0.533. The highest BCUT2D eigenvalue weighted by atomic mass is 16.6. The van der Waals surface area contributed by atoms with Gasteiger partial charge >= 0.3 is 0 Å². The lowest BCUT2D eigenvalue weighted by molar-refractivity contribution is -0.385. The number of piperazine rings is 1. The van der Waals surface area contributed by atoms with Crippen LogP contribution >= 0.6 is 0 Å². The molecule has 1 aromatic carbocycles. The smallest absolute Gasteiger partial charge is 0.280 e. The highest BCUT2D eigenvalue weighted by Crippen LogP contribution is 2.19. The van der Waals surface area contributed by atoms with E-state index in [1.807, 2.05) is 0 Å². The van der Waals surface area contributed by atoms with Crippen molar-refractivity contribution < 1.29 is 9.72 Å². The van der Waals surface area contributed by atoms with E-state index in [0.717, 1.165) is 13.1 Å². The van der Waals surface area contributed by atoms with E-state index in [9.17, 15) is 14.9 Å². The van der Waals surface area contributed by atoms with Crippen LogP contribution in [0.3, 0.4) is 0 Å². The van der Waals surface area contributed by atoms with Gasteiger partial charge in [-0.15, -0.1) is 0 Å². The first-order valence-corrected chi connectivity index (χ1v) is 7.22. The maximum Gasteiger partial charge on any atom is 0.280 e. The summed E-state index contributed by atoms with van der Waals surface area (Å²) < 4.78 is 0. The first-order chi connectivity index (χ1) is 9.97. The summed E-state index contributed by atoms with van der Waals surface area (Å²) in [6, 6.07) is 6.94. The third-order valence-corrected chi connectivity index (χ3v) is 3.69. The molecular weight excluding hydrogens is 270 g/mol.